The van der Waals surface area contributed by atoms with Gasteiger partial charge in [0.1, 0.15) is 0 Å². The van der Waals surface area contributed by atoms with Gasteiger partial charge in [0.25, 0.3) is 0 Å². The smallest absolute Gasteiger partial charge is 0.236 e. The van der Waals surface area contributed by atoms with Gasteiger partial charge < -0.3 is 11.1 Å². The molecule has 3 N–H and O–H groups in total. The van der Waals surface area contributed by atoms with E-state index < -0.39 is 6.04 Å². The second-order valence-corrected chi connectivity index (χ2v) is 2.79. The van der Waals surface area contributed by atoms with Crippen molar-refractivity contribution in [3.8, 4) is 6.07 Å². The van der Waals surface area contributed by atoms with Crippen molar-refractivity contribution in [3.05, 3.63) is 0 Å². The molecule has 0 spiro atoms. The molecule has 0 fully saturated rings. The first-order valence-corrected chi connectivity index (χ1v) is 4.04. The predicted molar refractivity (Wildman–Crippen MR) is 46.1 cm³/mol. The lowest BCUT2D eigenvalue weighted by Crippen LogP contribution is -2.41. The fourth-order valence-electron chi connectivity index (χ4n) is 0.616. The van der Waals surface area contributed by atoms with Crippen LogP contribution in [-0.4, -0.2) is 18.5 Å². The summed E-state index contributed by atoms with van der Waals surface area (Å²) in [6.07, 6.45) is 0.618. The van der Waals surface area contributed by atoms with Gasteiger partial charge in [0, 0.05) is 6.54 Å². The molecule has 0 aromatic heterocycles. The summed E-state index contributed by atoms with van der Waals surface area (Å²) >= 11 is 0. The molecule has 2 atom stereocenters. The number of hydrogen-bond donors (Lipinski definition) is 2. The zero-order valence-electron chi connectivity index (χ0n) is 7.50. The quantitative estimate of drug-likeness (QED) is 0.621. The fraction of sp³-hybridized carbons (Fsp3) is 0.750. The summed E-state index contributed by atoms with van der Waals surface area (Å²) in [5.41, 5.74) is 5.45. The molecular weight excluding hydrogens is 154 g/mol. The van der Waals surface area contributed by atoms with E-state index in [9.17, 15) is 4.79 Å². The third-order valence-corrected chi connectivity index (χ3v) is 1.58. The lowest BCUT2D eigenvalue weighted by molar-refractivity contribution is -0.122. The molecule has 0 aliphatic heterocycles. The second-order valence-electron chi connectivity index (χ2n) is 2.79. The highest BCUT2D eigenvalue weighted by atomic mass is 16.2. The Morgan fingerprint density at radius 1 is 1.75 bits per heavy atom. The minimum Gasteiger partial charge on any atom is -0.353 e. The zero-order valence-corrected chi connectivity index (χ0v) is 7.50. The number of hydrogen-bond acceptors (Lipinski definition) is 3. The molecule has 1 amide bonds. The van der Waals surface area contributed by atoms with E-state index in [0.717, 1.165) is 0 Å². The third kappa shape index (κ3) is 3.94. The Balaban J connectivity index is 3.65. The Bertz CT molecular complexity index is 185. The predicted octanol–water partition coefficient (Wildman–Crippen LogP) is -0.000420. The molecule has 12 heavy (non-hydrogen) atoms. The monoisotopic (exact) mass is 169 g/mol. The Morgan fingerprint density at radius 2 is 2.33 bits per heavy atom. The first-order chi connectivity index (χ1) is 5.61. The van der Waals surface area contributed by atoms with Crippen LogP contribution in [0.3, 0.4) is 0 Å². The van der Waals surface area contributed by atoms with E-state index in [1.807, 2.05) is 13.0 Å². The van der Waals surface area contributed by atoms with Crippen molar-refractivity contribution in [3.63, 3.8) is 0 Å². The first-order valence-electron chi connectivity index (χ1n) is 4.04. The van der Waals surface area contributed by atoms with E-state index in [1.54, 1.807) is 6.92 Å². The fourth-order valence-corrected chi connectivity index (χ4v) is 0.616. The van der Waals surface area contributed by atoms with Crippen molar-refractivity contribution in [1.82, 2.24) is 5.32 Å². The topological polar surface area (TPSA) is 78.9 Å². The van der Waals surface area contributed by atoms with Gasteiger partial charge in [0.15, 0.2) is 0 Å². The van der Waals surface area contributed by atoms with Crippen LogP contribution in [0.2, 0.25) is 0 Å². The van der Waals surface area contributed by atoms with Crippen LogP contribution in [0.5, 0.6) is 0 Å². The van der Waals surface area contributed by atoms with Crippen LogP contribution in [0.15, 0.2) is 0 Å². The van der Waals surface area contributed by atoms with Gasteiger partial charge in [0.05, 0.1) is 18.0 Å². The second kappa shape index (κ2) is 5.56. The highest BCUT2D eigenvalue weighted by Gasteiger charge is 2.10. The maximum Gasteiger partial charge on any atom is 0.236 e. The summed E-state index contributed by atoms with van der Waals surface area (Å²) in [7, 11) is 0. The average Bonchev–Trinajstić information content (AvgIpc) is 2.11. The number of nitrogens with one attached hydrogen (secondary N) is 1. The number of nitrogens with two attached hydrogens (primary N) is 1. The summed E-state index contributed by atoms with van der Waals surface area (Å²) < 4.78 is 0. The summed E-state index contributed by atoms with van der Waals surface area (Å²) in [5.74, 6) is -0.336. The Hall–Kier alpha value is -1.08. The zero-order chi connectivity index (χ0) is 9.56. The van der Waals surface area contributed by atoms with E-state index in [4.69, 9.17) is 11.0 Å². The summed E-state index contributed by atoms with van der Waals surface area (Å²) in [5, 5.41) is 11.0. The highest BCUT2D eigenvalue weighted by molar-refractivity contribution is 5.81. The van der Waals surface area contributed by atoms with Crippen LogP contribution in [0, 0.1) is 17.2 Å². The number of nitriles is 1. The van der Waals surface area contributed by atoms with Gasteiger partial charge in [-0.05, 0) is 13.3 Å². The largest absolute Gasteiger partial charge is 0.353 e. The third-order valence-electron chi connectivity index (χ3n) is 1.58. The number of rotatable bonds is 4. The molecule has 0 rings (SSSR count). The van der Waals surface area contributed by atoms with Gasteiger partial charge in [-0.2, -0.15) is 5.26 Å². The number of carbonyl (C=O) groups excluding carboxylic acids is 1. The molecule has 0 heterocycles. The van der Waals surface area contributed by atoms with Crippen molar-refractivity contribution in [1.29, 1.82) is 5.26 Å². The van der Waals surface area contributed by atoms with E-state index in [-0.39, 0.29) is 11.8 Å². The standard InChI is InChI=1S/C8H15N3O/c1-3-7(10)8(12)11-5-6(2)4-9/h6-7H,3,5,10H2,1-2H3,(H,11,12)/t6?,7-/m0/s1. The molecular formula is C8H15N3O. The minimum absolute atomic E-state index is 0.155. The summed E-state index contributed by atoms with van der Waals surface area (Å²) in [6.45, 7) is 3.97. The van der Waals surface area contributed by atoms with Gasteiger partial charge in [-0.15, -0.1) is 0 Å². The lowest BCUT2D eigenvalue weighted by Gasteiger charge is -2.10. The molecule has 0 bridgehead atoms. The normalized spacial score (nSPS) is 14.5. The molecule has 1 unspecified atom stereocenters. The highest BCUT2D eigenvalue weighted by Crippen LogP contribution is 1.90. The van der Waals surface area contributed by atoms with Gasteiger partial charge in [-0.3, -0.25) is 4.79 Å². The van der Waals surface area contributed by atoms with E-state index in [2.05, 4.69) is 5.32 Å². The number of nitrogens with zero attached hydrogens (tertiary/aromatic N) is 1. The molecule has 4 heteroatoms. The maximum atomic E-state index is 11.0. The Morgan fingerprint density at radius 3 is 2.75 bits per heavy atom. The van der Waals surface area contributed by atoms with Crippen molar-refractivity contribution in [2.45, 2.75) is 26.3 Å². The Labute approximate surface area is 72.7 Å². The summed E-state index contributed by atoms with van der Waals surface area (Å²) in [6, 6.07) is 1.57. The van der Waals surface area contributed by atoms with Crippen molar-refractivity contribution < 1.29 is 4.79 Å². The molecule has 0 aromatic carbocycles. The molecule has 0 aromatic rings. The number of amides is 1. The molecule has 0 aliphatic rings. The van der Waals surface area contributed by atoms with Gasteiger partial charge in [0.2, 0.25) is 5.91 Å². The van der Waals surface area contributed by atoms with Gasteiger partial charge in [-0.25, -0.2) is 0 Å². The molecule has 0 radical (unpaired) electrons. The van der Waals surface area contributed by atoms with Crippen LogP contribution in [-0.2, 0) is 4.79 Å². The molecule has 4 nitrogen and oxygen atoms in total. The average molecular weight is 169 g/mol. The van der Waals surface area contributed by atoms with Crippen LogP contribution in [0.25, 0.3) is 0 Å². The molecule has 0 saturated heterocycles. The van der Waals surface area contributed by atoms with E-state index >= 15 is 0 Å². The van der Waals surface area contributed by atoms with Gasteiger partial charge in [-0.1, -0.05) is 6.92 Å². The Kier molecular flexibility index (Phi) is 5.06. The van der Waals surface area contributed by atoms with Crippen molar-refractivity contribution in [2.75, 3.05) is 6.54 Å². The van der Waals surface area contributed by atoms with Gasteiger partial charge >= 0.3 is 0 Å². The van der Waals surface area contributed by atoms with Crippen molar-refractivity contribution >= 4 is 5.91 Å². The molecule has 0 saturated carbocycles. The van der Waals surface area contributed by atoms with E-state index in [1.165, 1.54) is 0 Å². The first kappa shape index (κ1) is 10.9. The van der Waals surface area contributed by atoms with Crippen LogP contribution < -0.4 is 11.1 Å². The molecule has 68 valence electrons. The number of carbonyl (C=O) groups is 1. The van der Waals surface area contributed by atoms with Crippen LogP contribution >= 0.6 is 0 Å². The lowest BCUT2D eigenvalue weighted by atomic mass is 10.2. The SMILES string of the molecule is CC[C@H](N)C(=O)NCC(C)C#N. The maximum absolute atomic E-state index is 11.0. The van der Waals surface area contributed by atoms with Crippen LogP contribution in [0.4, 0.5) is 0 Å². The van der Waals surface area contributed by atoms with Crippen molar-refractivity contribution in [2.24, 2.45) is 11.7 Å². The van der Waals surface area contributed by atoms with Crippen LogP contribution in [0.1, 0.15) is 20.3 Å². The minimum atomic E-state index is -0.448. The summed E-state index contributed by atoms with van der Waals surface area (Å²) in [4.78, 5) is 11.0. The van der Waals surface area contributed by atoms with E-state index in [0.29, 0.717) is 13.0 Å². The molecule has 0 aliphatic carbocycles.